The molecule has 0 saturated heterocycles. The first-order valence-corrected chi connectivity index (χ1v) is 8.36. The summed E-state index contributed by atoms with van der Waals surface area (Å²) >= 11 is 11.9. The number of carbonyl (C=O) groups excluding carboxylic acids is 2. The standard InChI is InChI=1S/C19H13Cl2N3O2/c20-13-3-6-16(17(21)11-13)19(26)24-14-4-1-12(2-5-14)18(25)23-15-7-9-22-10-8-15/h1-11H,(H,24,26)(H,22,23,25). The van der Waals surface area contributed by atoms with E-state index in [1.165, 1.54) is 6.07 Å². The van der Waals surface area contributed by atoms with Crippen LogP contribution in [0, 0.1) is 0 Å². The molecule has 0 radical (unpaired) electrons. The van der Waals surface area contributed by atoms with Crippen LogP contribution in [0.2, 0.25) is 10.0 Å². The summed E-state index contributed by atoms with van der Waals surface area (Å²) < 4.78 is 0. The van der Waals surface area contributed by atoms with Gasteiger partial charge in [-0.2, -0.15) is 0 Å². The molecule has 0 aliphatic carbocycles. The number of anilines is 2. The first kappa shape index (κ1) is 17.9. The fourth-order valence-corrected chi connectivity index (χ4v) is 2.71. The number of aromatic nitrogens is 1. The van der Waals surface area contributed by atoms with Crippen molar-refractivity contribution in [1.82, 2.24) is 4.98 Å². The highest BCUT2D eigenvalue weighted by molar-refractivity contribution is 6.37. The van der Waals surface area contributed by atoms with Crippen LogP contribution in [0.4, 0.5) is 11.4 Å². The maximum atomic E-state index is 12.3. The number of pyridine rings is 1. The van der Waals surface area contributed by atoms with E-state index in [0.29, 0.717) is 27.5 Å². The van der Waals surface area contributed by atoms with Gasteiger partial charge in [0.15, 0.2) is 0 Å². The Morgan fingerprint density at radius 2 is 1.38 bits per heavy atom. The van der Waals surface area contributed by atoms with Gasteiger partial charge in [-0.15, -0.1) is 0 Å². The van der Waals surface area contributed by atoms with Crippen molar-refractivity contribution in [3.05, 3.63) is 88.2 Å². The van der Waals surface area contributed by atoms with Gasteiger partial charge in [0.05, 0.1) is 10.6 Å². The minimum Gasteiger partial charge on any atom is -0.322 e. The van der Waals surface area contributed by atoms with Crippen LogP contribution in [0.5, 0.6) is 0 Å². The van der Waals surface area contributed by atoms with E-state index in [2.05, 4.69) is 15.6 Å². The maximum Gasteiger partial charge on any atom is 0.257 e. The van der Waals surface area contributed by atoms with Gasteiger partial charge in [-0.05, 0) is 54.6 Å². The van der Waals surface area contributed by atoms with Crippen LogP contribution in [0.25, 0.3) is 0 Å². The summed E-state index contributed by atoms with van der Waals surface area (Å²) in [6.45, 7) is 0. The van der Waals surface area contributed by atoms with Crippen LogP contribution in [0.1, 0.15) is 20.7 Å². The van der Waals surface area contributed by atoms with Crippen molar-refractivity contribution < 1.29 is 9.59 Å². The molecule has 1 aromatic heterocycles. The summed E-state index contributed by atoms with van der Waals surface area (Å²) in [5.74, 6) is -0.615. The van der Waals surface area contributed by atoms with Gasteiger partial charge >= 0.3 is 0 Å². The molecule has 7 heteroatoms. The monoisotopic (exact) mass is 385 g/mol. The Labute approximate surface area is 160 Å². The second-order valence-corrected chi connectivity index (χ2v) is 6.19. The van der Waals surface area contributed by atoms with Gasteiger partial charge in [0.1, 0.15) is 0 Å². The lowest BCUT2D eigenvalue weighted by atomic mass is 10.1. The fraction of sp³-hybridized carbons (Fsp3) is 0. The summed E-state index contributed by atoms with van der Waals surface area (Å²) in [6.07, 6.45) is 3.19. The van der Waals surface area contributed by atoms with Crippen molar-refractivity contribution in [2.45, 2.75) is 0 Å². The molecule has 1 heterocycles. The zero-order valence-electron chi connectivity index (χ0n) is 13.4. The first-order chi connectivity index (χ1) is 12.5. The molecule has 26 heavy (non-hydrogen) atoms. The Morgan fingerprint density at radius 1 is 0.769 bits per heavy atom. The largest absolute Gasteiger partial charge is 0.322 e. The molecule has 0 unspecified atom stereocenters. The number of hydrogen-bond acceptors (Lipinski definition) is 3. The van der Waals surface area contributed by atoms with Crippen LogP contribution in [0.15, 0.2) is 67.0 Å². The number of amides is 2. The number of rotatable bonds is 4. The van der Waals surface area contributed by atoms with Gasteiger partial charge in [-0.25, -0.2) is 0 Å². The Bertz CT molecular complexity index is 945. The lowest BCUT2D eigenvalue weighted by Gasteiger charge is -2.08. The smallest absolute Gasteiger partial charge is 0.257 e. The normalized spacial score (nSPS) is 10.2. The Hall–Kier alpha value is -2.89. The van der Waals surface area contributed by atoms with E-state index in [0.717, 1.165) is 0 Å². The van der Waals surface area contributed by atoms with Crippen LogP contribution in [0.3, 0.4) is 0 Å². The highest BCUT2D eigenvalue weighted by atomic mass is 35.5. The van der Waals surface area contributed by atoms with Gasteiger partial charge in [-0.1, -0.05) is 23.2 Å². The summed E-state index contributed by atoms with van der Waals surface area (Å²) in [5.41, 5.74) is 1.97. The molecule has 0 fully saturated rings. The molecule has 2 aromatic carbocycles. The van der Waals surface area contributed by atoms with Crippen molar-refractivity contribution in [2.75, 3.05) is 10.6 Å². The lowest BCUT2D eigenvalue weighted by molar-refractivity contribution is 0.102. The molecule has 2 amide bonds. The molecule has 0 aliphatic heterocycles. The third-order valence-corrected chi connectivity index (χ3v) is 4.07. The first-order valence-electron chi connectivity index (χ1n) is 7.61. The number of halogens is 2. The number of nitrogens with zero attached hydrogens (tertiary/aromatic N) is 1. The summed E-state index contributed by atoms with van der Waals surface area (Å²) in [4.78, 5) is 28.4. The van der Waals surface area contributed by atoms with Crippen molar-refractivity contribution in [1.29, 1.82) is 0 Å². The van der Waals surface area contributed by atoms with Crippen LogP contribution < -0.4 is 10.6 Å². The third kappa shape index (κ3) is 4.39. The second-order valence-electron chi connectivity index (χ2n) is 5.35. The molecular formula is C19H13Cl2N3O2. The van der Waals surface area contributed by atoms with Gasteiger partial charge in [-0.3, -0.25) is 14.6 Å². The van der Waals surface area contributed by atoms with Crippen LogP contribution >= 0.6 is 23.2 Å². The molecule has 3 rings (SSSR count). The topological polar surface area (TPSA) is 71.1 Å². The van der Waals surface area contributed by atoms with Gasteiger partial charge in [0.2, 0.25) is 0 Å². The second kappa shape index (κ2) is 7.99. The molecule has 0 spiro atoms. The van der Waals surface area contributed by atoms with E-state index in [-0.39, 0.29) is 16.8 Å². The molecule has 3 aromatic rings. The molecule has 5 nitrogen and oxygen atoms in total. The van der Waals surface area contributed by atoms with Gasteiger partial charge in [0.25, 0.3) is 11.8 Å². The number of nitrogens with one attached hydrogen (secondary N) is 2. The molecule has 2 N–H and O–H groups in total. The van der Waals surface area contributed by atoms with Gasteiger partial charge in [0, 0.05) is 34.4 Å². The Kier molecular flexibility index (Phi) is 5.51. The Balaban J connectivity index is 1.67. The third-order valence-electron chi connectivity index (χ3n) is 3.52. The van der Waals surface area contributed by atoms with Crippen LogP contribution in [-0.4, -0.2) is 16.8 Å². The minimum atomic E-state index is -0.361. The van der Waals surface area contributed by atoms with E-state index >= 15 is 0 Å². The highest BCUT2D eigenvalue weighted by Crippen LogP contribution is 2.22. The van der Waals surface area contributed by atoms with E-state index in [9.17, 15) is 9.59 Å². The maximum absolute atomic E-state index is 12.3. The highest BCUT2D eigenvalue weighted by Gasteiger charge is 2.12. The summed E-state index contributed by atoms with van der Waals surface area (Å²) in [6, 6.07) is 14.6. The SMILES string of the molecule is O=C(Nc1ccncc1)c1ccc(NC(=O)c2ccc(Cl)cc2Cl)cc1. The van der Waals surface area contributed by atoms with E-state index in [1.54, 1.807) is 60.9 Å². The molecule has 0 saturated carbocycles. The van der Waals surface area contributed by atoms with E-state index in [1.807, 2.05) is 0 Å². The summed E-state index contributed by atoms with van der Waals surface area (Å²) in [5, 5.41) is 6.21. The number of carbonyl (C=O) groups is 2. The Morgan fingerprint density at radius 3 is 2.04 bits per heavy atom. The predicted octanol–water partition coefficient (Wildman–Crippen LogP) is 4.89. The molecule has 0 atom stereocenters. The van der Waals surface area contributed by atoms with Crippen molar-refractivity contribution >= 4 is 46.4 Å². The zero-order chi connectivity index (χ0) is 18.5. The molecule has 0 aliphatic rings. The molecule has 0 bridgehead atoms. The average molecular weight is 386 g/mol. The molecule has 130 valence electrons. The van der Waals surface area contributed by atoms with Crippen molar-refractivity contribution in [3.8, 4) is 0 Å². The van der Waals surface area contributed by atoms with Crippen molar-refractivity contribution in [3.63, 3.8) is 0 Å². The average Bonchev–Trinajstić information content (AvgIpc) is 2.63. The van der Waals surface area contributed by atoms with E-state index < -0.39 is 0 Å². The summed E-state index contributed by atoms with van der Waals surface area (Å²) in [7, 11) is 0. The number of benzene rings is 2. The quantitative estimate of drug-likeness (QED) is 0.671. The fourth-order valence-electron chi connectivity index (χ4n) is 2.22. The zero-order valence-corrected chi connectivity index (χ0v) is 14.9. The van der Waals surface area contributed by atoms with Crippen molar-refractivity contribution in [2.24, 2.45) is 0 Å². The molecular weight excluding hydrogens is 373 g/mol. The number of hydrogen-bond donors (Lipinski definition) is 2. The van der Waals surface area contributed by atoms with Gasteiger partial charge < -0.3 is 10.6 Å². The van der Waals surface area contributed by atoms with E-state index in [4.69, 9.17) is 23.2 Å². The minimum absolute atomic E-state index is 0.255. The lowest BCUT2D eigenvalue weighted by Crippen LogP contribution is -2.14. The van der Waals surface area contributed by atoms with Crippen LogP contribution in [-0.2, 0) is 0 Å². The predicted molar refractivity (Wildman–Crippen MR) is 103 cm³/mol.